The summed E-state index contributed by atoms with van der Waals surface area (Å²) >= 11 is 5.98. The molecule has 0 radical (unpaired) electrons. The molecule has 0 fully saturated rings. The van der Waals surface area contributed by atoms with Gasteiger partial charge in [0, 0.05) is 23.7 Å². The maximum absolute atomic E-state index is 12.9. The van der Waals surface area contributed by atoms with Crippen LogP contribution in [0.25, 0.3) is 11.0 Å². The zero-order valence-electron chi connectivity index (χ0n) is 13.4. The van der Waals surface area contributed by atoms with Crippen molar-refractivity contribution in [1.29, 1.82) is 0 Å². The van der Waals surface area contributed by atoms with Crippen molar-refractivity contribution in [2.24, 2.45) is 0 Å². The first kappa shape index (κ1) is 15.7. The van der Waals surface area contributed by atoms with E-state index in [0.717, 1.165) is 11.1 Å². The van der Waals surface area contributed by atoms with Crippen molar-refractivity contribution in [2.45, 2.75) is 12.6 Å². The van der Waals surface area contributed by atoms with Gasteiger partial charge in [-0.2, -0.15) is 5.10 Å². The van der Waals surface area contributed by atoms with Crippen LogP contribution in [0.3, 0.4) is 0 Å². The van der Waals surface area contributed by atoms with Gasteiger partial charge in [0.15, 0.2) is 5.76 Å². The van der Waals surface area contributed by atoms with Crippen molar-refractivity contribution in [3.05, 3.63) is 53.0 Å². The predicted molar refractivity (Wildman–Crippen MR) is 91.3 cm³/mol. The first-order chi connectivity index (χ1) is 12.1. The Morgan fingerprint density at radius 2 is 2.16 bits per heavy atom. The Balaban J connectivity index is 1.66. The van der Waals surface area contributed by atoms with E-state index in [9.17, 15) is 9.59 Å². The maximum atomic E-state index is 12.9. The second kappa shape index (κ2) is 5.93. The summed E-state index contributed by atoms with van der Waals surface area (Å²) in [5, 5.41) is 8.16. The van der Waals surface area contributed by atoms with Gasteiger partial charge in [-0.1, -0.05) is 11.6 Å². The van der Waals surface area contributed by atoms with E-state index in [-0.39, 0.29) is 24.1 Å². The Labute approximate surface area is 148 Å². The van der Waals surface area contributed by atoms with Crippen LogP contribution in [-0.4, -0.2) is 40.1 Å². The SMILES string of the molecule is CNC(=O)C1CN(C(=O)c2cc3cc(Cl)ccc3o2)Cc2ccnn21. The number of amides is 2. The molecular weight excluding hydrogens is 344 g/mol. The summed E-state index contributed by atoms with van der Waals surface area (Å²) in [6, 6.07) is 8.09. The van der Waals surface area contributed by atoms with E-state index in [4.69, 9.17) is 16.0 Å². The van der Waals surface area contributed by atoms with Gasteiger partial charge >= 0.3 is 0 Å². The molecule has 1 atom stereocenters. The molecule has 0 saturated carbocycles. The standard InChI is InChI=1S/C17H15ClN4O3/c1-19-16(23)13-9-21(8-12-4-5-20-22(12)13)17(24)15-7-10-6-11(18)2-3-14(10)25-15/h2-7,13H,8-9H2,1H3,(H,19,23). The molecule has 1 unspecified atom stereocenters. The highest BCUT2D eigenvalue weighted by Gasteiger charge is 2.33. The van der Waals surface area contributed by atoms with E-state index in [1.165, 1.54) is 0 Å². The van der Waals surface area contributed by atoms with Crippen molar-refractivity contribution in [3.8, 4) is 0 Å². The van der Waals surface area contributed by atoms with Crippen LogP contribution < -0.4 is 5.32 Å². The van der Waals surface area contributed by atoms with Gasteiger partial charge in [-0.25, -0.2) is 0 Å². The molecule has 1 aromatic carbocycles. The summed E-state index contributed by atoms with van der Waals surface area (Å²) in [6.45, 7) is 0.592. The van der Waals surface area contributed by atoms with E-state index in [2.05, 4.69) is 10.4 Å². The molecule has 25 heavy (non-hydrogen) atoms. The van der Waals surface area contributed by atoms with Crippen molar-refractivity contribution in [2.75, 3.05) is 13.6 Å². The van der Waals surface area contributed by atoms with Crippen molar-refractivity contribution in [3.63, 3.8) is 0 Å². The van der Waals surface area contributed by atoms with Crippen LogP contribution in [-0.2, 0) is 11.3 Å². The molecule has 0 aliphatic carbocycles. The molecule has 0 saturated heterocycles. The fourth-order valence-corrected chi connectivity index (χ4v) is 3.26. The Hall–Kier alpha value is -2.80. The average Bonchev–Trinajstić information content (AvgIpc) is 3.25. The lowest BCUT2D eigenvalue weighted by Gasteiger charge is -2.32. The van der Waals surface area contributed by atoms with Crippen molar-refractivity contribution >= 4 is 34.4 Å². The molecule has 0 spiro atoms. The number of nitrogens with one attached hydrogen (secondary N) is 1. The van der Waals surface area contributed by atoms with Gasteiger partial charge in [-0.3, -0.25) is 14.3 Å². The summed E-state index contributed by atoms with van der Waals surface area (Å²) in [5.74, 6) is -0.242. The number of hydrogen-bond acceptors (Lipinski definition) is 4. The average molecular weight is 359 g/mol. The number of fused-ring (bicyclic) bond motifs is 2. The summed E-state index contributed by atoms with van der Waals surface area (Å²) in [5.41, 5.74) is 1.39. The third kappa shape index (κ3) is 2.66. The predicted octanol–water partition coefficient (Wildman–Crippen LogP) is 2.23. The molecular formula is C17H15ClN4O3. The molecule has 4 rings (SSSR count). The monoisotopic (exact) mass is 358 g/mol. The first-order valence-corrected chi connectivity index (χ1v) is 8.17. The lowest BCUT2D eigenvalue weighted by Crippen LogP contribution is -2.46. The zero-order chi connectivity index (χ0) is 17.6. The van der Waals surface area contributed by atoms with Crippen LogP contribution in [0.15, 0.2) is 40.9 Å². The zero-order valence-corrected chi connectivity index (χ0v) is 14.2. The van der Waals surface area contributed by atoms with Crippen LogP contribution in [0.5, 0.6) is 0 Å². The molecule has 8 heteroatoms. The van der Waals surface area contributed by atoms with Crippen molar-refractivity contribution in [1.82, 2.24) is 20.0 Å². The summed E-state index contributed by atoms with van der Waals surface area (Å²) < 4.78 is 7.31. The first-order valence-electron chi connectivity index (χ1n) is 7.79. The topological polar surface area (TPSA) is 80.4 Å². The number of halogens is 1. The minimum absolute atomic E-state index is 0.196. The number of likely N-dealkylation sites (N-methyl/N-ethyl adjacent to an activating group) is 1. The lowest BCUT2D eigenvalue weighted by atomic mass is 10.1. The lowest BCUT2D eigenvalue weighted by molar-refractivity contribution is -0.125. The number of carbonyl (C=O) groups excluding carboxylic acids is 2. The third-order valence-electron chi connectivity index (χ3n) is 4.32. The van der Waals surface area contributed by atoms with Crippen LogP contribution in [0.2, 0.25) is 5.02 Å². The van der Waals surface area contributed by atoms with Gasteiger partial charge in [-0.15, -0.1) is 0 Å². The number of furan rings is 1. The minimum Gasteiger partial charge on any atom is -0.451 e. The Morgan fingerprint density at radius 1 is 1.32 bits per heavy atom. The van der Waals surface area contributed by atoms with Crippen LogP contribution in [0.4, 0.5) is 0 Å². The van der Waals surface area contributed by atoms with Gasteiger partial charge in [0.2, 0.25) is 5.91 Å². The van der Waals surface area contributed by atoms with Gasteiger partial charge < -0.3 is 14.6 Å². The third-order valence-corrected chi connectivity index (χ3v) is 4.55. The van der Waals surface area contributed by atoms with E-state index in [1.807, 2.05) is 0 Å². The number of carbonyl (C=O) groups is 2. The van der Waals surface area contributed by atoms with E-state index in [1.54, 1.807) is 53.2 Å². The molecule has 0 bridgehead atoms. The number of nitrogens with zero attached hydrogens (tertiary/aromatic N) is 3. The highest BCUT2D eigenvalue weighted by molar-refractivity contribution is 6.31. The summed E-state index contributed by atoms with van der Waals surface area (Å²) in [7, 11) is 1.56. The summed E-state index contributed by atoms with van der Waals surface area (Å²) in [4.78, 5) is 26.6. The normalized spacial score (nSPS) is 16.7. The highest BCUT2D eigenvalue weighted by atomic mass is 35.5. The van der Waals surface area contributed by atoms with Gasteiger partial charge in [0.05, 0.1) is 18.8 Å². The highest BCUT2D eigenvalue weighted by Crippen LogP contribution is 2.26. The van der Waals surface area contributed by atoms with Crippen LogP contribution in [0, 0.1) is 0 Å². The molecule has 7 nitrogen and oxygen atoms in total. The second-order valence-corrected chi connectivity index (χ2v) is 6.31. The molecule has 1 N–H and O–H groups in total. The van der Waals surface area contributed by atoms with E-state index in [0.29, 0.717) is 17.2 Å². The largest absolute Gasteiger partial charge is 0.451 e. The molecule has 128 valence electrons. The molecule has 2 aromatic heterocycles. The van der Waals surface area contributed by atoms with Crippen molar-refractivity contribution < 1.29 is 14.0 Å². The van der Waals surface area contributed by atoms with Crippen LogP contribution >= 0.6 is 11.6 Å². The van der Waals surface area contributed by atoms with Gasteiger partial charge in [-0.05, 0) is 30.3 Å². The molecule has 1 aliphatic rings. The van der Waals surface area contributed by atoms with Gasteiger partial charge in [0.25, 0.3) is 5.91 Å². The smallest absolute Gasteiger partial charge is 0.290 e. The van der Waals surface area contributed by atoms with E-state index >= 15 is 0 Å². The quantitative estimate of drug-likeness (QED) is 0.761. The number of aromatic nitrogens is 2. The van der Waals surface area contributed by atoms with Crippen LogP contribution in [0.1, 0.15) is 22.3 Å². The summed E-state index contributed by atoms with van der Waals surface area (Å²) in [6.07, 6.45) is 1.63. The van der Waals surface area contributed by atoms with Gasteiger partial charge in [0.1, 0.15) is 11.6 Å². The number of hydrogen-bond donors (Lipinski definition) is 1. The Kier molecular flexibility index (Phi) is 3.73. The minimum atomic E-state index is -0.563. The molecule has 1 aliphatic heterocycles. The second-order valence-electron chi connectivity index (χ2n) is 5.88. The molecule has 3 aromatic rings. The van der Waals surface area contributed by atoms with E-state index < -0.39 is 6.04 Å². The number of benzene rings is 1. The Bertz CT molecular complexity index is 977. The fourth-order valence-electron chi connectivity index (χ4n) is 3.08. The molecule has 2 amide bonds. The number of rotatable bonds is 2. The Morgan fingerprint density at radius 3 is 2.96 bits per heavy atom. The maximum Gasteiger partial charge on any atom is 0.290 e. The fraction of sp³-hybridized carbons (Fsp3) is 0.235. The molecule has 3 heterocycles.